The summed E-state index contributed by atoms with van der Waals surface area (Å²) in [6.07, 6.45) is -0.348. The lowest BCUT2D eigenvalue weighted by Crippen LogP contribution is -2.04. The van der Waals surface area contributed by atoms with Crippen LogP contribution in [0.15, 0.2) is 49.8 Å². The van der Waals surface area contributed by atoms with Crippen LogP contribution in [0.1, 0.15) is 17.2 Å². The Morgan fingerprint density at radius 2 is 1.84 bits per heavy atom. The number of hydrogen-bond donors (Lipinski definition) is 1. The van der Waals surface area contributed by atoms with Crippen molar-refractivity contribution in [2.45, 2.75) is 12.5 Å². The predicted octanol–water partition coefficient (Wildman–Crippen LogP) is 5.39. The standard InChI is InChI=1S/C14H10Br3FO/c15-9-4-5-10(11(16)7-9)13(19)6-8-2-1-3-12(18)14(8)17/h1-5,7,13,19H,6H2. The van der Waals surface area contributed by atoms with E-state index in [-0.39, 0.29) is 5.82 Å². The van der Waals surface area contributed by atoms with Crippen molar-refractivity contribution in [1.29, 1.82) is 0 Å². The average molecular weight is 453 g/mol. The van der Waals surface area contributed by atoms with E-state index in [0.29, 0.717) is 10.9 Å². The quantitative estimate of drug-likeness (QED) is 0.662. The van der Waals surface area contributed by atoms with Gasteiger partial charge < -0.3 is 5.11 Å². The van der Waals surface area contributed by atoms with Gasteiger partial charge in [0, 0.05) is 15.4 Å². The number of benzene rings is 2. The molecule has 0 aliphatic rings. The van der Waals surface area contributed by atoms with Crippen LogP contribution < -0.4 is 0 Å². The van der Waals surface area contributed by atoms with Crippen LogP contribution in [0.25, 0.3) is 0 Å². The first-order valence-electron chi connectivity index (χ1n) is 5.55. The van der Waals surface area contributed by atoms with Crippen molar-refractivity contribution in [2.24, 2.45) is 0 Å². The minimum Gasteiger partial charge on any atom is -0.388 e. The Kier molecular flexibility index (Phi) is 5.17. The van der Waals surface area contributed by atoms with Crippen LogP contribution in [0.5, 0.6) is 0 Å². The topological polar surface area (TPSA) is 20.2 Å². The average Bonchev–Trinajstić information content (AvgIpc) is 2.34. The van der Waals surface area contributed by atoms with Crippen LogP contribution in [-0.4, -0.2) is 5.11 Å². The van der Waals surface area contributed by atoms with E-state index in [1.54, 1.807) is 12.1 Å². The number of halogens is 4. The molecule has 0 fully saturated rings. The molecular weight excluding hydrogens is 443 g/mol. The first-order chi connectivity index (χ1) is 8.99. The third-order valence-corrected chi connectivity index (χ3v) is 4.83. The molecule has 0 aliphatic carbocycles. The first kappa shape index (κ1) is 15.2. The lowest BCUT2D eigenvalue weighted by Gasteiger charge is -2.14. The summed E-state index contributed by atoms with van der Waals surface area (Å²) < 4.78 is 15.6. The molecule has 0 aliphatic heterocycles. The number of hydrogen-bond acceptors (Lipinski definition) is 1. The molecular formula is C14H10Br3FO. The molecule has 0 aromatic heterocycles. The maximum Gasteiger partial charge on any atom is 0.137 e. The Morgan fingerprint density at radius 1 is 1.11 bits per heavy atom. The number of rotatable bonds is 3. The molecule has 0 spiro atoms. The summed E-state index contributed by atoms with van der Waals surface area (Å²) in [6, 6.07) is 10.4. The Bertz CT molecular complexity index is 601. The van der Waals surface area contributed by atoms with Crippen molar-refractivity contribution in [1.82, 2.24) is 0 Å². The minimum atomic E-state index is -0.694. The lowest BCUT2D eigenvalue weighted by atomic mass is 10.0. The molecule has 0 saturated carbocycles. The van der Waals surface area contributed by atoms with Gasteiger partial charge in [-0.05, 0) is 45.3 Å². The first-order valence-corrected chi connectivity index (χ1v) is 7.93. The molecule has 0 heterocycles. The van der Waals surface area contributed by atoms with Gasteiger partial charge in [0.2, 0.25) is 0 Å². The van der Waals surface area contributed by atoms with Gasteiger partial charge in [0.15, 0.2) is 0 Å². The molecule has 0 amide bonds. The van der Waals surface area contributed by atoms with Crippen molar-refractivity contribution in [3.63, 3.8) is 0 Å². The molecule has 1 unspecified atom stereocenters. The summed E-state index contributed by atoms with van der Waals surface area (Å²) in [5.41, 5.74) is 1.52. The third kappa shape index (κ3) is 3.66. The largest absolute Gasteiger partial charge is 0.388 e. The zero-order valence-electron chi connectivity index (χ0n) is 9.71. The van der Waals surface area contributed by atoms with Gasteiger partial charge in [-0.2, -0.15) is 0 Å². The van der Waals surface area contributed by atoms with Gasteiger partial charge >= 0.3 is 0 Å². The summed E-state index contributed by atoms with van der Waals surface area (Å²) in [5.74, 6) is -0.320. The molecule has 5 heteroatoms. The second kappa shape index (κ2) is 6.48. The molecule has 19 heavy (non-hydrogen) atoms. The van der Waals surface area contributed by atoms with Gasteiger partial charge in [-0.25, -0.2) is 4.39 Å². The van der Waals surface area contributed by atoms with E-state index in [2.05, 4.69) is 47.8 Å². The van der Waals surface area contributed by atoms with Crippen molar-refractivity contribution < 1.29 is 9.50 Å². The number of aliphatic hydroxyl groups is 1. The number of aliphatic hydroxyl groups excluding tert-OH is 1. The van der Waals surface area contributed by atoms with Crippen molar-refractivity contribution in [2.75, 3.05) is 0 Å². The molecule has 2 rings (SSSR count). The van der Waals surface area contributed by atoms with E-state index >= 15 is 0 Å². The SMILES string of the molecule is OC(Cc1cccc(F)c1Br)c1ccc(Br)cc1Br. The van der Waals surface area contributed by atoms with E-state index in [4.69, 9.17) is 0 Å². The van der Waals surface area contributed by atoms with Crippen molar-refractivity contribution in [3.05, 3.63) is 66.8 Å². The Morgan fingerprint density at radius 3 is 2.53 bits per heavy atom. The van der Waals surface area contributed by atoms with E-state index in [1.165, 1.54) is 6.07 Å². The molecule has 2 aromatic carbocycles. The molecule has 0 saturated heterocycles. The van der Waals surface area contributed by atoms with Gasteiger partial charge in [-0.3, -0.25) is 0 Å². The molecule has 1 atom stereocenters. The molecule has 1 nitrogen and oxygen atoms in total. The summed E-state index contributed by atoms with van der Waals surface area (Å²) in [4.78, 5) is 0. The van der Waals surface area contributed by atoms with Gasteiger partial charge in [0.25, 0.3) is 0 Å². The normalized spacial score (nSPS) is 12.5. The van der Waals surface area contributed by atoms with Crippen LogP contribution >= 0.6 is 47.8 Å². The highest BCUT2D eigenvalue weighted by Gasteiger charge is 2.15. The highest BCUT2D eigenvalue weighted by molar-refractivity contribution is 9.11. The minimum absolute atomic E-state index is 0.320. The monoisotopic (exact) mass is 450 g/mol. The second-order valence-corrected chi connectivity index (χ2v) is 6.66. The summed E-state index contributed by atoms with van der Waals surface area (Å²) in [5, 5.41) is 10.3. The molecule has 0 radical (unpaired) electrons. The smallest absolute Gasteiger partial charge is 0.137 e. The van der Waals surface area contributed by atoms with Crippen LogP contribution in [0.4, 0.5) is 4.39 Å². The fourth-order valence-corrected chi connectivity index (χ4v) is 3.53. The second-order valence-electron chi connectivity index (χ2n) is 4.10. The van der Waals surface area contributed by atoms with E-state index in [0.717, 1.165) is 20.1 Å². The van der Waals surface area contributed by atoms with E-state index < -0.39 is 6.10 Å². The fraction of sp³-hybridized carbons (Fsp3) is 0.143. The molecule has 0 bridgehead atoms. The summed E-state index contributed by atoms with van der Waals surface area (Å²) in [7, 11) is 0. The summed E-state index contributed by atoms with van der Waals surface area (Å²) >= 11 is 9.99. The van der Waals surface area contributed by atoms with Crippen LogP contribution in [0.3, 0.4) is 0 Å². The maximum absolute atomic E-state index is 13.4. The highest BCUT2D eigenvalue weighted by Crippen LogP contribution is 2.31. The highest BCUT2D eigenvalue weighted by atomic mass is 79.9. The molecule has 100 valence electrons. The van der Waals surface area contributed by atoms with Crippen molar-refractivity contribution >= 4 is 47.8 Å². The van der Waals surface area contributed by atoms with Gasteiger partial charge in [0.05, 0.1) is 10.6 Å². The lowest BCUT2D eigenvalue weighted by molar-refractivity contribution is 0.177. The van der Waals surface area contributed by atoms with Crippen LogP contribution in [0.2, 0.25) is 0 Å². The predicted molar refractivity (Wildman–Crippen MR) is 84.6 cm³/mol. The zero-order chi connectivity index (χ0) is 14.0. The Labute approximate surface area is 136 Å². The van der Waals surface area contributed by atoms with Crippen LogP contribution in [-0.2, 0) is 6.42 Å². The van der Waals surface area contributed by atoms with Crippen molar-refractivity contribution in [3.8, 4) is 0 Å². The zero-order valence-corrected chi connectivity index (χ0v) is 14.5. The summed E-state index contributed by atoms with van der Waals surface area (Å²) in [6.45, 7) is 0. The van der Waals surface area contributed by atoms with Gasteiger partial charge in [-0.1, -0.05) is 50.1 Å². The Hall–Kier alpha value is -0.230. The van der Waals surface area contributed by atoms with Crippen LogP contribution in [0, 0.1) is 5.82 Å². The van der Waals surface area contributed by atoms with Gasteiger partial charge in [-0.15, -0.1) is 0 Å². The maximum atomic E-state index is 13.4. The fourth-order valence-electron chi connectivity index (χ4n) is 1.80. The van der Waals surface area contributed by atoms with E-state index in [9.17, 15) is 9.50 Å². The molecule has 2 aromatic rings. The van der Waals surface area contributed by atoms with Gasteiger partial charge in [0.1, 0.15) is 5.82 Å². The third-order valence-electron chi connectivity index (χ3n) is 2.77. The molecule has 1 N–H and O–H groups in total. The van der Waals surface area contributed by atoms with E-state index in [1.807, 2.05) is 18.2 Å². The Balaban J connectivity index is 2.25.